The Balaban J connectivity index is 2.21. The molecular formula is C18H23N2O5P. The minimum Gasteiger partial charge on any atom is -0.504 e. The van der Waals surface area contributed by atoms with Gasteiger partial charge in [0, 0.05) is 18.1 Å². The van der Waals surface area contributed by atoms with Gasteiger partial charge < -0.3 is 14.4 Å². The summed E-state index contributed by atoms with van der Waals surface area (Å²) in [5, 5.41) is 10.00. The zero-order chi connectivity index (χ0) is 19.3. The Morgan fingerprint density at radius 3 is 2.69 bits per heavy atom. The Morgan fingerprint density at radius 2 is 2.04 bits per heavy atom. The normalized spacial score (nSPS) is 12.9. The van der Waals surface area contributed by atoms with Crippen LogP contribution in [0, 0.1) is 20.8 Å². The van der Waals surface area contributed by atoms with Gasteiger partial charge in [-0.1, -0.05) is 6.58 Å². The molecule has 1 aromatic heterocycles. The van der Waals surface area contributed by atoms with Gasteiger partial charge in [0.25, 0.3) is 0 Å². The maximum atomic E-state index is 12.8. The molecule has 7 nitrogen and oxygen atoms in total. The fraction of sp³-hybridized carbons (Fsp3) is 0.278. The van der Waals surface area contributed by atoms with Gasteiger partial charge in [0.15, 0.2) is 17.3 Å². The molecule has 0 saturated carbocycles. The summed E-state index contributed by atoms with van der Waals surface area (Å²) in [6, 6.07) is 4.84. The van der Waals surface area contributed by atoms with E-state index in [4.69, 9.17) is 13.9 Å². The molecule has 0 bridgehead atoms. The van der Waals surface area contributed by atoms with Gasteiger partial charge in [0.1, 0.15) is 5.75 Å². The third kappa shape index (κ3) is 4.56. The lowest BCUT2D eigenvalue weighted by Crippen LogP contribution is -2.06. The van der Waals surface area contributed by atoms with Crippen LogP contribution in [-0.2, 0) is 9.19 Å². The predicted molar refractivity (Wildman–Crippen MR) is 101 cm³/mol. The monoisotopic (exact) mass is 378 g/mol. The van der Waals surface area contributed by atoms with Gasteiger partial charge in [-0.3, -0.25) is 0 Å². The summed E-state index contributed by atoms with van der Waals surface area (Å²) >= 11 is 0. The van der Waals surface area contributed by atoms with Crippen LogP contribution in [0.15, 0.2) is 36.8 Å². The van der Waals surface area contributed by atoms with Crippen molar-refractivity contribution in [2.75, 3.05) is 12.1 Å². The number of ether oxygens (including phenoxy) is 1. The number of aromatic hydroxyl groups is 1. The van der Waals surface area contributed by atoms with Crippen LogP contribution < -0.4 is 14.7 Å². The molecule has 0 aliphatic rings. The Kier molecular flexibility index (Phi) is 6.29. The number of benzene rings is 1. The molecule has 1 aromatic carbocycles. The Morgan fingerprint density at radius 1 is 1.31 bits per heavy atom. The number of pyridine rings is 1. The fourth-order valence-corrected chi connectivity index (χ4v) is 2.91. The molecule has 2 rings (SSSR count). The summed E-state index contributed by atoms with van der Waals surface area (Å²) in [5.74, 6) is 2.00. The van der Waals surface area contributed by atoms with Gasteiger partial charge in [0.05, 0.1) is 6.61 Å². The summed E-state index contributed by atoms with van der Waals surface area (Å²) in [5.41, 5.74) is 4.97. The van der Waals surface area contributed by atoms with Crippen molar-refractivity contribution in [3.63, 3.8) is 0 Å². The van der Waals surface area contributed by atoms with E-state index in [1.807, 2.05) is 19.9 Å². The first-order chi connectivity index (χ1) is 12.3. The van der Waals surface area contributed by atoms with Crippen LogP contribution in [0.25, 0.3) is 0 Å². The van der Waals surface area contributed by atoms with Crippen molar-refractivity contribution in [1.29, 1.82) is 0 Å². The van der Waals surface area contributed by atoms with E-state index in [9.17, 15) is 9.67 Å². The van der Waals surface area contributed by atoms with Crippen molar-refractivity contribution >= 4 is 13.4 Å². The molecule has 0 amide bonds. The highest BCUT2D eigenvalue weighted by atomic mass is 31.2. The summed E-state index contributed by atoms with van der Waals surface area (Å²) in [4.78, 5) is 4.15. The van der Waals surface area contributed by atoms with E-state index in [0.717, 1.165) is 16.9 Å². The van der Waals surface area contributed by atoms with Crippen LogP contribution >= 0.6 is 7.60 Å². The highest BCUT2D eigenvalue weighted by molar-refractivity contribution is 7.57. The number of rotatable bonds is 8. The molecule has 26 heavy (non-hydrogen) atoms. The summed E-state index contributed by atoms with van der Waals surface area (Å²) in [6.07, 6.45) is 1.62. The van der Waals surface area contributed by atoms with Crippen molar-refractivity contribution in [3.8, 4) is 17.2 Å². The molecular weight excluding hydrogens is 355 g/mol. The van der Waals surface area contributed by atoms with E-state index in [-0.39, 0.29) is 17.2 Å². The molecule has 0 aliphatic heterocycles. The second-order valence-corrected chi connectivity index (χ2v) is 7.44. The van der Waals surface area contributed by atoms with Gasteiger partial charge in [-0.2, -0.15) is 4.62 Å². The first-order valence-corrected chi connectivity index (χ1v) is 9.67. The van der Waals surface area contributed by atoms with Crippen molar-refractivity contribution in [2.24, 2.45) is 0 Å². The lowest BCUT2D eigenvalue weighted by Gasteiger charge is -2.18. The Hall–Kier alpha value is -2.50. The second-order valence-electron chi connectivity index (χ2n) is 5.63. The topological polar surface area (TPSA) is 89.9 Å². The summed E-state index contributed by atoms with van der Waals surface area (Å²) < 4.78 is 29.0. The third-order valence-electron chi connectivity index (χ3n) is 3.74. The number of aromatic nitrogens is 1. The number of anilines is 1. The van der Waals surface area contributed by atoms with E-state index >= 15 is 0 Å². The highest BCUT2D eigenvalue weighted by Gasteiger charge is 2.24. The first-order valence-electron chi connectivity index (χ1n) is 8.05. The largest absolute Gasteiger partial charge is 0.504 e. The van der Waals surface area contributed by atoms with Crippen molar-refractivity contribution < 1.29 is 23.6 Å². The van der Waals surface area contributed by atoms with Crippen molar-refractivity contribution in [3.05, 3.63) is 53.5 Å². The number of nitrogens with one attached hydrogen (secondary N) is 1. The Labute approximate surface area is 153 Å². The molecule has 2 N–H and O–H groups in total. The fourth-order valence-electron chi connectivity index (χ4n) is 2.12. The molecule has 0 radical (unpaired) electrons. The first kappa shape index (κ1) is 19.8. The quantitative estimate of drug-likeness (QED) is 0.500. The smallest absolute Gasteiger partial charge is 0.424 e. The molecule has 1 unspecified atom stereocenters. The zero-order valence-corrected chi connectivity index (χ0v) is 16.2. The number of hydrogen-bond donors (Lipinski definition) is 2. The summed E-state index contributed by atoms with van der Waals surface area (Å²) in [7, 11) is -3.72. The van der Waals surface area contributed by atoms with Gasteiger partial charge in [-0.15, -0.1) is 0 Å². The minimum atomic E-state index is -3.72. The maximum absolute atomic E-state index is 12.8. The summed E-state index contributed by atoms with van der Waals surface area (Å²) in [6.45, 7) is 11.2. The van der Waals surface area contributed by atoms with Crippen LogP contribution in [-0.4, -0.2) is 16.7 Å². The predicted octanol–water partition coefficient (Wildman–Crippen LogP) is 4.87. The number of aryl methyl sites for hydroxylation is 2. The lowest BCUT2D eigenvalue weighted by atomic mass is 10.2. The van der Waals surface area contributed by atoms with E-state index in [2.05, 4.69) is 17.0 Å². The van der Waals surface area contributed by atoms with E-state index in [0.29, 0.717) is 18.0 Å². The van der Waals surface area contributed by atoms with E-state index < -0.39 is 7.60 Å². The van der Waals surface area contributed by atoms with Crippen LogP contribution in [0.5, 0.6) is 17.2 Å². The van der Waals surface area contributed by atoms with Gasteiger partial charge in [-0.25, -0.2) is 15.0 Å². The molecule has 1 atom stereocenters. The molecule has 1 heterocycles. The van der Waals surface area contributed by atoms with Gasteiger partial charge >= 0.3 is 7.60 Å². The van der Waals surface area contributed by atoms with Crippen LogP contribution in [0.4, 0.5) is 5.82 Å². The third-order valence-corrected chi connectivity index (χ3v) is 5.00. The molecule has 0 spiro atoms. The van der Waals surface area contributed by atoms with E-state index in [1.54, 1.807) is 20.0 Å². The molecule has 0 aliphatic carbocycles. The van der Waals surface area contributed by atoms with Gasteiger partial charge in [-0.05, 0) is 56.5 Å². The lowest BCUT2D eigenvalue weighted by molar-refractivity contribution is 0.310. The zero-order valence-electron chi connectivity index (χ0n) is 15.3. The number of nitrogens with zero attached hydrogens (tertiary/aromatic N) is 1. The van der Waals surface area contributed by atoms with Crippen LogP contribution in [0.2, 0.25) is 0 Å². The SMILES string of the molecule is C=CP(=O)(ONc1nccc(C)c1C)Oc1cc(C)c(O)c(OCC)c1. The molecule has 140 valence electrons. The van der Waals surface area contributed by atoms with Crippen molar-refractivity contribution in [1.82, 2.24) is 4.98 Å². The minimum absolute atomic E-state index is 0.00580. The molecule has 8 heteroatoms. The number of hydrogen-bond acceptors (Lipinski definition) is 7. The van der Waals surface area contributed by atoms with E-state index in [1.165, 1.54) is 12.1 Å². The number of phenolic OH excluding ortho intramolecular Hbond substituents is 1. The molecule has 2 aromatic rings. The number of phenols is 1. The van der Waals surface area contributed by atoms with Crippen LogP contribution in [0.3, 0.4) is 0 Å². The van der Waals surface area contributed by atoms with Crippen LogP contribution in [0.1, 0.15) is 23.6 Å². The van der Waals surface area contributed by atoms with Crippen molar-refractivity contribution in [2.45, 2.75) is 27.7 Å². The molecule has 0 fully saturated rings. The second kappa shape index (κ2) is 8.25. The Bertz CT molecular complexity index is 854. The average molecular weight is 378 g/mol. The average Bonchev–Trinajstić information content (AvgIpc) is 2.61. The highest BCUT2D eigenvalue weighted by Crippen LogP contribution is 2.50. The van der Waals surface area contributed by atoms with Gasteiger partial charge in [0.2, 0.25) is 0 Å². The molecule has 0 saturated heterocycles. The standard InChI is InChI=1S/C18H23N2O5P/c1-6-23-16-11-15(10-13(4)17(16)21)24-26(22,7-2)25-20-18-14(5)12(3)8-9-19-18/h7-11,21H,2,6H2,1,3-5H3,(H,19,20). The maximum Gasteiger partial charge on any atom is 0.424 e.